The summed E-state index contributed by atoms with van der Waals surface area (Å²) in [5, 5.41) is 5.06. The minimum atomic E-state index is -0.745. The number of nitrogens with one attached hydrogen (secondary N) is 2. The number of carbonyl (C=O) groups excluding carboxylic acids is 3. The van der Waals surface area contributed by atoms with E-state index in [4.69, 9.17) is 18.9 Å². The fourth-order valence-corrected chi connectivity index (χ4v) is 2.51. The monoisotopic (exact) mass is 416 g/mol. The van der Waals surface area contributed by atoms with Crippen LogP contribution < -0.4 is 24.8 Å². The molecule has 2 amide bonds. The van der Waals surface area contributed by atoms with E-state index in [-0.39, 0.29) is 5.56 Å². The van der Waals surface area contributed by atoms with Gasteiger partial charge in [-0.25, -0.2) is 0 Å². The third kappa shape index (κ3) is 6.40. The van der Waals surface area contributed by atoms with Crippen LogP contribution in [0.1, 0.15) is 15.9 Å². The number of amides is 2. The van der Waals surface area contributed by atoms with Crippen LogP contribution in [0.4, 0.5) is 0 Å². The summed E-state index contributed by atoms with van der Waals surface area (Å²) in [7, 11) is 4.31. The van der Waals surface area contributed by atoms with Crippen molar-refractivity contribution in [1.82, 2.24) is 10.6 Å². The molecule has 9 nitrogen and oxygen atoms in total. The second kappa shape index (κ2) is 11.3. The summed E-state index contributed by atoms with van der Waals surface area (Å²) < 4.78 is 20.5. The third-order valence-electron chi connectivity index (χ3n) is 4.02. The highest BCUT2D eigenvalue weighted by atomic mass is 16.5. The van der Waals surface area contributed by atoms with Gasteiger partial charge in [-0.3, -0.25) is 14.4 Å². The van der Waals surface area contributed by atoms with Gasteiger partial charge in [0, 0.05) is 12.1 Å². The van der Waals surface area contributed by atoms with Gasteiger partial charge in [-0.05, 0) is 17.7 Å². The molecule has 0 aliphatic carbocycles. The summed E-state index contributed by atoms with van der Waals surface area (Å²) in [5.41, 5.74) is 1.13. The van der Waals surface area contributed by atoms with Crippen LogP contribution in [-0.2, 0) is 20.9 Å². The fraction of sp³-hybridized carbons (Fsp3) is 0.286. The second-order valence-electron chi connectivity index (χ2n) is 6.02. The highest BCUT2D eigenvalue weighted by Gasteiger charge is 2.18. The molecule has 0 spiro atoms. The van der Waals surface area contributed by atoms with Crippen LogP contribution in [0.15, 0.2) is 42.5 Å². The van der Waals surface area contributed by atoms with E-state index >= 15 is 0 Å². The number of methoxy groups -OCH3 is 3. The second-order valence-corrected chi connectivity index (χ2v) is 6.02. The summed E-state index contributed by atoms with van der Waals surface area (Å²) in [5.74, 6) is -0.773. The van der Waals surface area contributed by atoms with E-state index in [9.17, 15) is 14.4 Å². The highest BCUT2D eigenvalue weighted by molar-refractivity contribution is 5.97. The lowest BCUT2D eigenvalue weighted by Gasteiger charge is -2.14. The van der Waals surface area contributed by atoms with Gasteiger partial charge < -0.3 is 29.6 Å². The maximum absolute atomic E-state index is 12.3. The van der Waals surface area contributed by atoms with E-state index in [0.717, 1.165) is 5.56 Å². The van der Waals surface area contributed by atoms with Gasteiger partial charge in [0.2, 0.25) is 5.75 Å². The Balaban J connectivity index is 1.81. The molecule has 0 fully saturated rings. The Morgan fingerprint density at radius 1 is 0.867 bits per heavy atom. The number of benzene rings is 2. The number of ether oxygens (including phenoxy) is 4. The largest absolute Gasteiger partial charge is 0.493 e. The van der Waals surface area contributed by atoms with Crippen molar-refractivity contribution in [2.45, 2.75) is 6.54 Å². The molecule has 2 aromatic carbocycles. The molecule has 30 heavy (non-hydrogen) atoms. The Kier molecular flexibility index (Phi) is 8.49. The maximum atomic E-state index is 12.3. The van der Waals surface area contributed by atoms with E-state index in [1.165, 1.54) is 33.5 Å². The van der Waals surface area contributed by atoms with E-state index in [0.29, 0.717) is 23.8 Å². The number of hydrogen-bond acceptors (Lipinski definition) is 7. The molecule has 0 heterocycles. The van der Waals surface area contributed by atoms with Gasteiger partial charge in [0.15, 0.2) is 18.1 Å². The summed E-state index contributed by atoms with van der Waals surface area (Å²) in [4.78, 5) is 35.9. The van der Waals surface area contributed by atoms with Gasteiger partial charge in [-0.2, -0.15) is 0 Å². The van der Waals surface area contributed by atoms with Gasteiger partial charge in [0.1, 0.15) is 6.54 Å². The number of rotatable bonds is 10. The Bertz CT molecular complexity index is 859. The molecule has 0 radical (unpaired) electrons. The standard InChI is InChI=1S/C21H24N2O7/c1-27-16-9-15(10-17(28-2)20(16)29-3)21(26)23-12-19(25)30-13-18(24)22-11-14-7-5-4-6-8-14/h4-10H,11-13H2,1-3H3,(H,22,24)(H,23,26). The van der Waals surface area contributed by atoms with Crippen molar-refractivity contribution in [3.63, 3.8) is 0 Å². The van der Waals surface area contributed by atoms with Gasteiger partial charge in [-0.1, -0.05) is 30.3 Å². The van der Waals surface area contributed by atoms with Crippen molar-refractivity contribution >= 4 is 17.8 Å². The molecule has 160 valence electrons. The van der Waals surface area contributed by atoms with Crippen LogP contribution in [0.25, 0.3) is 0 Å². The lowest BCUT2D eigenvalue weighted by atomic mass is 10.1. The molecule has 2 aromatic rings. The maximum Gasteiger partial charge on any atom is 0.325 e. The molecule has 2 rings (SSSR count). The Hall–Kier alpha value is -3.75. The first-order chi connectivity index (χ1) is 14.5. The zero-order chi connectivity index (χ0) is 21.9. The van der Waals surface area contributed by atoms with Gasteiger partial charge in [0.25, 0.3) is 11.8 Å². The molecule has 0 aliphatic rings. The summed E-state index contributed by atoms with van der Waals surface area (Å²) >= 11 is 0. The minimum Gasteiger partial charge on any atom is -0.493 e. The zero-order valence-electron chi connectivity index (χ0n) is 17.0. The Morgan fingerprint density at radius 3 is 2.07 bits per heavy atom. The van der Waals surface area contributed by atoms with Crippen molar-refractivity contribution in [3.8, 4) is 17.2 Å². The van der Waals surface area contributed by atoms with E-state index < -0.39 is 30.9 Å². The molecule has 0 aliphatic heterocycles. The van der Waals surface area contributed by atoms with E-state index in [1.807, 2.05) is 30.3 Å². The van der Waals surface area contributed by atoms with Crippen molar-refractivity contribution in [2.75, 3.05) is 34.5 Å². The van der Waals surface area contributed by atoms with Crippen LogP contribution in [0.3, 0.4) is 0 Å². The number of hydrogen-bond donors (Lipinski definition) is 2. The smallest absolute Gasteiger partial charge is 0.325 e. The van der Waals surface area contributed by atoms with Gasteiger partial charge >= 0.3 is 5.97 Å². The first-order valence-corrected chi connectivity index (χ1v) is 9.03. The van der Waals surface area contributed by atoms with Crippen LogP contribution in [-0.4, -0.2) is 52.3 Å². The zero-order valence-corrected chi connectivity index (χ0v) is 17.0. The van der Waals surface area contributed by atoms with Crippen LogP contribution >= 0.6 is 0 Å². The third-order valence-corrected chi connectivity index (χ3v) is 4.02. The van der Waals surface area contributed by atoms with Crippen molar-refractivity contribution < 1.29 is 33.3 Å². The minimum absolute atomic E-state index is 0.206. The SMILES string of the molecule is COc1cc(C(=O)NCC(=O)OCC(=O)NCc2ccccc2)cc(OC)c1OC. The lowest BCUT2D eigenvalue weighted by Crippen LogP contribution is -2.33. The Morgan fingerprint density at radius 2 is 1.50 bits per heavy atom. The summed E-state index contributed by atoms with van der Waals surface area (Å²) in [6, 6.07) is 12.2. The van der Waals surface area contributed by atoms with Crippen molar-refractivity contribution in [1.29, 1.82) is 0 Å². The molecule has 9 heteroatoms. The van der Waals surface area contributed by atoms with E-state index in [2.05, 4.69) is 10.6 Å². The molecular weight excluding hydrogens is 392 g/mol. The predicted molar refractivity (Wildman–Crippen MR) is 108 cm³/mol. The molecule has 0 aromatic heterocycles. The molecule has 0 atom stereocenters. The van der Waals surface area contributed by atoms with Crippen LogP contribution in [0.5, 0.6) is 17.2 Å². The average Bonchev–Trinajstić information content (AvgIpc) is 2.79. The predicted octanol–water partition coefficient (Wildman–Crippen LogP) is 1.30. The normalized spacial score (nSPS) is 9.97. The molecule has 0 saturated carbocycles. The summed E-state index contributed by atoms with van der Waals surface area (Å²) in [6.07, 6.45) is 0. The first kappa shape index (κ1) is 22.5. The first-order valence-electron chi connectivity index (χ1n) is 9.03. The molecule has 0 saturated heterocycles. The number of carbonyl (C=O) groups is 3. The van der Waals surface area contributed by atoms with E-state index in [1.54, 1.807) is 0 Å². The van der Waals surface area contributed by atoms with Crippen molar-refractivity contribution in [2.24, 2.45) is 0 Å². The molecular formula is C21H24N2O7. The van der Waals surface area contributed by atoms with Crippen LogP contribution in [0.2, 0.25) is 0 Å². The van der Waals surface area contributed by atoms with Crippen LogP contribution in [0, 0.1) is 0 Å². The number of esters is 1. The molecule has 0 unspecified atom stereocenters. The lowest BCUT2D eigenvalue weighted by molar-refractivity contribution is -0.147. The fourth-order valence-electron chi connectivity index (χ4n) is 2.51. The molecule has 0 bridgehead atoms. The highest BCUT2D eigenvalue weighted by Crippen LogP contribution is 2.38. The quantitative estimate of drug-likeness (QED) is 0.562. The van der Waals surface area contributed by atoms with Crippen molar-refractivity contribution in [3.05, 3.63) is 53.6 Å². The average molecular weight is 416 g/mol. The molecule has 2 N–H and O–H groups in total. The van der Waals surface area contributed by atoms with Gasteiger partial charge in [-0.15, -0.1) is 0 Å². The van der Waals surface area contributed by atoms with Gasteiger partial charge in [0.05, 0.1) is 21.3 Å². The Labute approximate surface area is 174 Å². The summed E-state index contributed by atoms with van der Waals surface area (Å²) in [6.45, 7) is -0.512. The topological polar surface area (TPSA) is 112 Å².